The second kappa shape index (κ2) is 12.3. The number of hydrogen-bond donors (Lipinski definition) is 0. The Morgan fingerprint density at radius 3 is 1.45 bits per heavy atom. The van der Waals surface area contributed by atoms with Crippen LogP contribution in [0, 0.1) is 0 Å². The molecule has 0 aliphatic carbocycles. The Hall–Kier alpha value is -6.84. The maximum Gasteiger partial charge on any atom is 0.0455 e. The van der Waals surface area contributed by atoms with Crippen LogP contribution in [-0.2, 0) is 0 Å². The number of rotatable bonds is 3. The summed E-state index contributed by atoms with van der Waals surface area (Å²) >= 11 is 3.87. The van der Waals surface area contributed by atoms with Gasteiger partial charge in [-0.2, -0.15) is 0 Å². The lowest BCUT2D eigenvalue weighted by molar-refractivity contribution is 1.67. The van der Waals surface area contributed by atoms with Crippen LogP contribution in [0.15, 0.2) is 194 Å². The highest BCUT2D eigenvalue weighted by atomic mass is 32.1. The van der Waals surface area contributed by atoms with Crippen LogP contribution < -0.4 is 0 Å². The van der Waals surface area contributed by atoms with Gasteiger partial charge < -0.3 is 0 Å². The molecule has 0 saturated heterocycles. The molecule has 2 aromatic heterocycles. The number of thiophene rings is 2. The maximum absolute atomic E-state index is 2.44. The first-order valence-corrected chi connectivity index (χ1v) is 21.6. The summed E-state index contributed by atoms with van der Waals surface area (Å²) in [5, 5.41) is 18.3. The average Bonchev–Trinajstić information content (AvgIpc) is 3.87. The molecule has 0 fully saturated rings. The average molecular weight is 769 g/mol. The van der Waals surface area contributed by atoms with Crippen molar-refractivity contribution in [2.45, 2.75) is 0 Å². The van der Waals surface area contributed by atoms with Crippen molar-refractivity contribution in [3.05, 3.63) is 194 Å². The minimum atomic E-state index is 1.25. The fourth-order valence-electron chi connectivity index (χ4n) is 9.99. The molecule has 13 rings (SSSR count). The first-order valence-electron chi connectivity index (χ1n) is 19.9. The number of fused-ring (bicyclic) bond motifs is 14. The highest BCUT2D eigenvalue weighted by Gasteiger charge is 2.22. The van der Waals surface area contributed by atoms with E-state index in [0.29, 0.717) is 0 Å². The van der Waals surface area contributed by atoms with Crippen LogP contribution in [0.2, 0.25) is 0 Å². The molecule has 13 aromatic rings. The summed E-state index contributed by atoms with van der Waals surface area (Å²) < 4.78 is 5.46. The van der Waals surface area contributed by atoms with Crippen molar-refractivity contribution in [2.75, 3.05) is 0 Å². The molecule has 0 saturated carbocycles. The molecule has 0 radical (unpaired) electrons. The first kappa shape index (κ1) is 32.3. The molecule has 0 aliphatic heterocycles. The normalized spacial score (nSPS) is 12.1. The van der Waals surface area contributed by atoms with E-state index < -0.39 is 0 Å². The molecule has 0 bridgehead atoms. The van der Waals surface area contributed by atoms with E-state index >= 15 is 0 Å². The van der Waals surface area contributed by atoms with Crippen LogP contribution in [0.4, 0.5) is 0 Å². The van der Waals surface area contributed by atoms with Crippen molar-refractivity contribution in [2.24, 2.45) is 0 Å². The molecule has 0 N–H and O–H groups in total. The summed E-state index contributed by atoms with van der Waals surface area (Å²) in [6, 6.07) is 72.4. The Kier molecular flexibility index (Phi) is 6.86. The highest BCUT2D eigenvalue weighted by Crippen LogP contribution is 2.51. The predicted octanol–water partition coefficient (Wildman–Crippen LogP) is 17.2. The monoisotopic (exact) mass is 768 g/mol. The van der Waals surface area contributed by atoms with Crippen molar-refractivity contribution in [3.8, 4) is 33.4 Å². The fourth-order valence-corrected chi connectivity index (χ4v) is 12.6. The zero-order chi connectivity index (χ0) is 37.9. The van der Waals surface area contributed by atoms with E-state index in [2.05, 4.69) is 194 Å². The first-order chi connectivity index (χ1) is 28.8. The van der Waals surface area contributed by atoms with Gasteiger partial charge in [0, 0.05) is 45.7 Å². The summed E-state index contributed by atoms with van der Waals surface area (Å²) in [5.74, 6) is 0. The summed E-state index contributed by atoms with van der Waals surface area (Å²) in [5.41, 5.74) is 7.63. The minimum absolute atomic E-state index is 1.25. The van der Waals surface area contributed by atoms with E-state index in [-0.39, 0.29) is 0 Å². The van der Waals surface area contributed by atoms with Gasteiger partial charge in [-0.1, -0.05) is 182 Å². The Bertz CT molecular complexity index is 3800. The van der Waals surface area contributed by atoms with Crippen molar-refractivity contribution in [1.29, 1.82) is 0 Å². The molecule has 58 heavy (non-hydrogen) atoms. The Balaban J connectivity index is 1.05. The van der Waals surface area contributed by atoms with Crippen LogP contribution in [0.25, 0.3) is 128 Å². The summed E-state index contributed by atoms with van der Waals surface area (Å²) in [7, 11) is 0. The standard InChI is InChI=1S/C56H32S2/c1-2-16-35-33(14-1)15-13-26-39(35)51-40-19-5-7-21-42(40)52(43-22-8-6-20-41(43)51)45-31-30-36(37-17-3-4-18-38(37)45)34-28-29-48-50(32-34)58-55-46-24-10-9-23-44(46)53-47-25-11-12-27-49(47)57-56(53)54(48)55/h1-32H. The molecule has 2 heteroatoms. The molecule has 268 valence electrons. The van der Waals surface area contributed by atoms with Crippen molar-refractivity contribution < 1.29 is 0 Å². The van der Waals surface area contributed by atoms with Gasteiger partial charge in [-0.3, -0.25) is 0 Å². The maximum atomic E-state index is 2.44. The van der Waals surface area contributed by atoms with Gasteiger partial charge >= 0.3 is 0 Å². The third kappa shape index (κ3) is 4.50. The highest BCUT2D eigenvalue weighted by molar-refractivity contribution is 7.30. The third-order valence-electron chi connectivity index (χ3n) is 12.4. The van der Waals surface area contributed by atoms with Crippen molar-refractivity contribution in [1.82, 2.24) is 0 Å². The molecule has 0 atom stereocenters. The van der Waals surface area contributed by atoms with E-state index in [1.807, 2.05) is 22.7 Å². The second-order valence-corrected chi connectivity index (χ2v) is 17.5. The van der Waals surface area contributed by atoms with Gasteiger partial charge in [0.1, 0.15) is 0 Å². The second-order valence-electron chi connectivity index (χ2n) is 15.4. The largest absolute Gasteiger partial charge is 0.134 e. The molecule has 2 heterocycles. The smallest absolute Gasteiger partial charge is 0.0455 e. The molecule has 11 aromatic carbocycles. The van der Waals surface area contributed by atoms with Gasteiger partial charge in [0.05, 0.1) is 0 Å². The quantitative estimate of drug-likeness (QED) is 0.157. The summed E-state index contributed by atoms with van der Waals surface area (Å²) in [6.45, 7) is 0. The zero-order valence-electron chi connectivity index (χ0n) is 31.3. The molecule has 0 aliphatic rings. The molecular formula is C56H32S2. The van der Waals surface area contributed by atoms with E-state index in [9.17, 15) is 0 Å². The number of hydrogen-bond acceptors (Lipinski definition) is 2. The molecular weight excluding hydrogens is 737 g/mol. The van der Waals surface area contributed by atoms with Crippen LogP contribution in [0.1, 0.15) is 0 Å². The van der Waals surface area contributed by atoms with Crippen LogP contribution in [0.3, 0.4) is 0 Å². The molecule has 0 unspecified atom stereocenters. The van der Waals surface area contributed by atoms with Gasteiger partial charge in [0.25, 0.3) is 0 Å². The zero-order valence-corrected chi connectivity index (χ0v) is 32.9. The van der Waals surface area contributed by atoms with Crippen LogP contribution in [0.5, 0.6) is 0 Å². The molecule has 0 amide bonds. The summed E-state index contributed by atoms with van der Waals surface area (Å²) in [6.07, 6.45) is 0. The lowest BCUT2D eigenvalue weighted by atomic mass is 9.83. The Labute approximate surface area is 342 Å². The van der Waals surface area contributed by atoms with Crippen LogP contribution >= 0.6 is 22.7 Å². The van der Waals surface area contributed by atoms with Gasteiger partial charge in [-0.15, -0.1) is 22.7 Å². The Morgan fingerprint density at radius 1 is 0.259 bits per heavy atom. The topological polar surface area (TPSA) is 0 Å². The number of benzene rings is 11. The summed E-state index contributed by atoms with van der Waals surface area (Å²) in [4.78, 5) is 0. The molecule has 0 nitrogen and oxygen atoms in total. The lowest BCUT2D eigenvalue weighted by Gasteiger charge is -2.20. The van der Waals surface area contributed by atoms with Gasteiger partial charge in [-0.05, 0) is 94.0 Å². The van der Waals surface area contributed by atoms with Crippen molar-refractivity contribution >= 4 is 117 Å². The fraction of sp³-hybridized carbons (Fsp3) is 0. The SMILES string of the molecule is c1ccc2c(-c3c4ccccc4c(-c4ccc(-c5ccc6c(c5)sc5c7ccccc7c7c8ccccc8sc7c65)c5ccccc45)c4ccccc34)cccc2c1. The van der Waals surface area contributed by atoms with Crippen molar-refractivity contribution in [3.63, 3.8) is 0 Å². The van der Waals surface area contributed by atoms with E-state index in [1.54, 1.807) is 0 Å². The van der Waals surface area contributed by atoms with E-state index in [0.717, 1.165) is 0 Å². The minimum Gasteiger partial charge on any atom is -0.134 e. The van der Waals surface area contributed by atoms with Crippen LogP contribution in [-0.4, -0.2) is 0 Å². The van der Waals surface area contributed by atoms with E-state index in [1.165, 1.54) is 128 Å². The predicted molar refractivity (Wildman–Crippen MR) is 256 cm³/mol. The van der Waals surface area contributed by atoms with E-state index in [4.69, 9.17) is 0 Å². The lowest BCUT2D eigenvalue weighted by Crippen LogP contribution is -1.93. The third-order valence-corrected chi connectivity index (χ3v) is 14.8. The van der Waals surface area contributed by atoms with Gasteiger partial charge in [0.2, 0.25) is 0 Å². The van der Waals surface area contributed by atoms with Gasteiger partial charge in [0.15, 0.2) is 0 Å². The Morgan fingerprint density at radius 2 is 0.741 bits per heavy atom. The molecule has 0 spiro atoms. The van der Waals surface area contributed by atoms with Gasteiger partial charge in [-0.25, -0.2) is 0 Å².